The highest BCUT2D eigenvalue weighted by atomic mass is 79.9. The molecule has 0 aliphatic carbocycles. The van der Waals surface area contributed by atoms with Crippen LogP contribution in [0.2, 0.25) is 0 Å². The van der Waals surface area contributed by atoms with Crippen molar-refractivity contribution in [2.24, 2.45) is 0 Å². The molecule has 1 fully saturated rings. The lowest BCUT2D eigenvalue weighted by molar-refractivity contribution is 0.0395. The zero-order valence-corrected chi connectivity index (χ0v) is 14.3. The largest absolute Gasteiger partial charge is 0.497 e. The average molecular weight is 363 g/mol. The third kappa shape index (κ3) is 2.50. The maximum atomic E-state index is 6.24. The Morgan fingerprint density at radius 2 is 1.36 bits per heavy atom. The smallest absolute Gasteiger partial charge is 0.131 e. The van der Waals surface area contributed by atoms with E-state index in [1.54, 1.807) is 14.2 Å². The predicted molar refractivity (Wildman–Crippen MR) is 90.1 cm³/mol. The number of rotatable bonds is 4. The zero-order valence-electron chi connectivity index (χ0n) is 12.7. The Hall–Kier alpha value is -1.52. The fraction of sp³-hybridized carbons (Fsp3) is 0.333. The minimum Gasteiger partial charge on any atom is -0.497 e. The Morgan fingerprint density at radius 3 is 1.68 bits per heavy atom. The second kappa shape index (κ2) is 6.31. The maximum Gasteiger partial charge on any atom is 0.131 e. The summed E-state index contributed by atoms with van der Waals surface area (Å²) in [7, 11) is 3.35. The van der Waals surface area contributed by atoms with Crippen LogP contribution >= 0.6 is 15.9 Å². The van der Waals surface area contributed by atoms with Crippen LogP contribution in [0, 0.1) is 0 Å². The minimum absolute atomic E-state index is 0.224. The van der Waals surface area contributed by atoms with Gasteiger partial charge in [-0.15, -0.1) is 0 Å². The van der Waals surface area contributed by atoms with Crippen LogP contribution in [0.3, 0.4) is 0 Å². The van der Waals surface area contributed by atoms with Gasteiger partial charge in [-0.25, -0.2) is 0 Å². The van der Waals surface area contributed by atoms with E-state index in [4.69, 9.17) is 14.2 Å². The lowest BCUT2D eigenvalue weighted by Gasteiger charge is -2.33. The summed E-state index contributed by atoms with van der Waals surface area (Å²) in [5, 5.41) is 0. The zero-order chi connectivity index (χ0) is 15.6. The van der Waals surface area contributed by atoms with Gasteiger partial charge in [-0.1, -0.05) is 40.2 Å². The molecule has 4 heteroatoms. The Morgan fingerprint density at radius 1 is 0.909 bits per heavy atom. The van der Waals surface area contributed by atoms with Crippen molar-refractivity contribution < 1.29 is 14.2 Å². The van der Waals surface area contributed by atoms with Gasteiger partial charge in [0, 0.05) is 6.61 Å². The third-order valence-electron chi connectivity index (χ3n) is 4.18. The Balaban J connectivity index is 2.07. The van der Waals surface area contributed by atoms with Crippen LogP contribution in [0.25, 0.3) is 0 Å². The summed E-state index contributed by atoms with van der Waals surface area (Å²) in [5.74, 6) is 1.69. The molecule has 0 N–H and O–H groups in total. The van der Waals surface area contributed by atoms with Gasteiger partial charge in [-0.2, -0.15) is 0 Å². The first kappa shape index (κ1) is 15.4. The summed E-state index contributed by atoms with van der Waals surface area (Å²) >= 11 is 3.82. The van der Waals surface area contributed by atoms with E-state index in [9.17, 15) is 0 Å². The highest BCUT2D eigenvalue weighted by Crippen LogP contribution is 2.46. The normalized spacial score (nSPS) is 19.9. The average Bonchev–Trinajstić information content (AvgIpc) is 2.97. The predicted octanol–water partition coefficient (Wildman–Crippen LogP) is 4.13. The van der Waals surface area contributed by atoms with Gasteiger partial charge in [-0.05, 0) is 41.8 Å². The van der Waals surface area contributed by atoms with Gasteiger partial charge in [0.2, 0.25) is 0 Å². The molecule has 22 heavy (non-hydrogen) atoms. The molecule has 2 aromatic carbocycles. The van der Waals surface area contributed by atoms with Gasteiger partial charge in [0.25, 0.3) is 0 Å². The van der Waals surface area contributed by atoms with E-state index in [0.717, 1.165) is 35.7 Å². The number of halogens is 1. The summed E-state index contributed by atoms with van der Waals surface area (Å²) in [4.78, 5) is 0.224. The number of hydrogen-bond donors (Lipinski definition) is 0. The quantitative estimate of drug-likeness (QED) is 0.765. The molecule has 0 amide bonds. The lowest BCUT2D eigenvalue weighted by atomic mass is 9.84. The monoisotopic (exact) mass is 362 g/mol. The summed E-state index contributed by atoms with van der Waals surface area (Å²) in [6.07, 6.45) is 0.970. The maximum absolute atomic E-state index is 6.24. The fourth-order valence-corrected chi connectivity index (χ4v) is 3.84. The van der Waals surface area contributed by atoms with E-state index >= 15 is 0 Å². The van der Waals surface area contributed by atoms with E-state index in [1.165, 1.54) is 0 Å². The minimum atomic E-state index is -0.474. The molecule has 0 saturated carbocycles. The molecule has 1 aliphatic rings. The first-order valence-electron chi connectivity index (χ1n) is 7.28. The van der Waals surface area contributed by atoms with E-state index < -0.39 is 5.60 Å². The number of methoxy groups -OCH3 is 2. The number of benzene rings is 2. The number of hydrogen-bond acceptors (Lipinski definition) is 3. The van der Waals surface area contributed by atoms with Gasteiger partial charge >= 0.3 is 0 Å². The molecule has 0 spiro atoms. The van der Waals surface area contributed by atoms with Gasteiger partial charge < -0.3 is 14.2 Å². The molecule has 1 unspecified atom stereocenters. The molecular weight excluding hydrogens is 344 g/mol. The molecule has 2 aromatic rings. The van der Waals surface area contributed by atoms with Gasteiger partial charge in [0.15, 0.2) is 0 Å². The van der Waals surface area contributed by atoms with Crippen LogP contribution in [0.5, 0.6) is 11.5 Å². The van der Waals surface area contributed by atoms with Crippen molar-refractivity contribution >= 4 is 15.9 Å². The van der Waals surface area contributed by atoms with Crippen molar-refractivity contribution in [3.8, 4) is 11.5 Å². The Bertz CT molecular complexity index is 574. The molecule has 3 nitrogen and oxygen atoms in total. The van der Waals surface area contributed by atoms with Gasteiger partial charge in [-0.3, -0.25) is 0 Å². The Labute approximate surface area is 139 Å². The fourth-order valence-electron chi connectivity index (χ4n) is 2.99. The standard InChI is InChI=1S/C18H19BrO3/c1-20-15-7-3-13(4-8-15)18(17(19)11-12-22-18)14-5-9-16(21-2)10-6-14/h3-10,17H,11-12H2,1-2H3. The van der Waals surface area contributed by atoms with Crippen molar-refractivity contribution in [3.05, 3.63) is 59.7 Å². The molecule has 3 rings (SSSR count). The van der Waals surface area contributed by atoms with E-state index in [1.807, 2.05) is 24.3 Å². The van der Waals surface area contributed by atoms with E-state index in [-0.39, 0.29) is 4.83 Å². The van der Waals surface area contributed by atoms with Gasteiger partial charge in [0.1, 0.15) is 17.1 Å². The van der Waals surface area contributed by atoms with Crippen LogP contribution in [-0.4, -0.2) is 25.7 Å². The molecular formula is C18H19BrO3. The first-order valence-corrected chi connectivity index (χ1v) is 8.19. The third-order valence-corrected chi connectivity index (χ3v) is 5.28. The summed E-state index contributed by atoms with van der Waals surface area (Å²) < 4.78 is 16.8. The molecule has 0 radical (unpaired) electrons. The molecule has 1 heterocycles. The van der Waals surface area contributed by atoms with E-state index in [2.05, 4.69) is 40.2 Å². The van der Waals surface area contributed by atoms with Crippen molar-refractivity contribution in [2.45, 2.75) is 16.8 Å². The second-order valence-electron chi connectivity index (χ2n) is 5.30. The molecule has 0 bridgehead atoms. The topological polar surface area (TPSA) is 27.7 Å². The van der Waals surface area contributed by atoms with Crippen molar-refractivity contribution in [2.75, 3.05) is 20.8 Å². The van der Waals surface area contributed by atoms with Gasteiger partial charge in [0.05, 0.1) is 19.0 Å². The van der Waals surface area contributed by atoms with Crippen molar-refractivity contribution in [1.82, 2.24) is 0 Å². The summed E-state index contributed by atoms with van der Waals surface area (Å²) in [6, 6.07) is 16.2. The summed E-state index contributed by atoms with van der Waals surface area (Å²) in [5.41, 5.74) is 1.77. The van der Waals surface area contributed by atoms with Crippen LogP contribution in [0.15, 0.2) is 48.5 Å². The van der Waals surface area contributed by atoms with Crippen molar-refractivity contribution in [1.29, 1.82) is 0 Å². The number of ether oxygens (including phenoxy) is 3. The highest BCUT2D eigenvalue weighted by molar-refractivity contribution is 9.09. The van der Waals surface area contributed by atoms with Crippen LogP contribution in [-0.2, 0) is 10.3 Å². The SMILES string of the molecule is COc1ccc(C2(c3ccc(OC)cc3)OCCC2Br)cc1. The van der Waals surface area contributed by atoms with Crippen LogP contribution < -0.4 is 9.47 Å². The molecule has 0 aromatic heterocycles. The number of alkyl halides is 1. The molecule has 116 valence electrons. The second-order valence-corrected chi connectivity index (χ2v) is 6.40. The van der Waals surface area contributed by atoms with E-state index in [0.29, 0.717) is 0 Å². The van der Waals surface area contributed by atoms with Crippen LogP contribution in [0.1, 0.15) is 17.5 Å². The molecule has 1 aliphatic heterocycles. The molecule has 1 atom stereocenters. The van der Waals surface area contributed by atoms with Crippen LogP contribution in [0.4, 0.5) is 0 Å². The summed E-state index contributed by atoms with van der Waals surface area (Å²) in [6.45, 7) is 0.730. The molecule has 1 saturated heterocycles. The van der Waals surface area contributed by atoms with Crippen molar-refractivity contribution in [3.63, 3.8) is 0 Å². The first-order chi connectivity index (χ1) is 10.7. The highest BCUT2D eigenvalue weighted by Gasteiger charge is 2.46. The Kier molecular flexibility index (Phi) is 4.41. The lowest BCUT2D eigenvalue weighted by Crippen LogP contribution is -2.34.